The number of fused-ring (bicyclic) bond motifs is 3. The standard InChI is InChI=1S/C28H31N7O3/c1-5-24(36)35-15-19-12-20(35)14-34(19)22-7-6-18(10-16(22)2)31-27-29-9-8-21(32-27)17-11-23-25(30-13-17)33-26(37)28(3,4)38-23/h6-11,13,19-20H,5,12,14-15H2,1-4H3,(H,29,31,32)(H,30,33,37). The molecule has 0 aliphatic carbocycles. The van der Waals surface area contributed by atoms with E-state index in [9.17, 15) is 9.59 Å². The van der Waals surface area contributed by atoms with Crippen LogP contribution in [0, 0.1) is 6.92 Å². The first-order valence-corrected chi connectivity index (χ1v) is 13.0. The van der Waals surface area contributed by atoms with Crippen LogP contribution in [0.2, 0.25) is 0 Å². The van der Waals surface area contributed by atoms with Crippen LogP contribution >= 0.6 is 0 Å². The summed E-state index contributed by atoms with van der Waals surface area (Å²) in [5, 5.41) is 6.10. The average Bonchev–Trinajstić information content (AvgIpc) is 3.50. The molecule has 2 amide bonds. The highest BCUT2D eigenvalue weighted by atomic mass is 16.5. The molecule has 0 radical (unpaired) electrons. The number of carbonyl (C=O) groups is 2. The molecule has 5 heterocycles. The Morgan fingerprint density at radius 1 is 1.18 bits per heavy atom. The molecule has 1 aromatic carbocycles. The van der Waals surface area contributed by atoms with Crippen molar-refractivity contribution in [2.24, 2.45) is 0 Å². The Bertz CT molecular complexity index is 1440. The molecule has 3 aromatic rings. The lowest BCUT2D eigenvalue weighted by atomic mass is 10.1. The molecule has 2 fully saturated rings. The number of ether oxygens (including phenoxy) is 1. The van der Waals surface area contributed by atoms with Crippen molar-refractivity contribution in [3.05, 3.63) is 48.3 Å². The number of hydrogen-bond donors (Lipinski definition) is 2. The fourth-order valence-electron chi connectivity index (χ4n) is 5.57. The van der Waals surface area contributed by atoms with Crippen molar-refractivity contribution in [3.63, 3.8) is 0 Å². The van der Waals surface area contributed by atoms with E-state index in [0.717, 1.165) is 36.3 Å². The van der Waals surface area contributed by atoms with Crippen LogP contribution in [0.1, 0.15) is 39.2 Å². The van der Waals surface area contributed by atoms with Crippen LogP contribution in [0.5, 0.6) is 5.75 Å². The van der Waals surface area contributed by atoms with Crippen LogP contribution in [-0.4, -0.2) is 62.4 Å². The third-order valence-electron chi connectivity index (χ3n) is 7.57. The fraction of sp³-hybridized carbons (Fsp3) is 0.393. The summed E-state index contributed by atoms with van der Waals surface area (Å²) in [6, 6.07) is 10.6. The van der Waals surface area contributed by atoms with Crippen molar-refractivity contribution in [1.82, 2.24) is 19.9 Å². The van der Waals surface area contributed by atoms with Crippen LogP contribution in [0.15, 0.2) is 42.7 Å². The van der Waals surface area contributed by atoms with Gasteiger partial charge in [0.1, 0.15) is 0 Å². The molecule has 3 aliphatic rings. The molecule has 10 heteroatoms. The maximum absolute atomic E-state index is 12.2. The summed E-state index contributed by atoms with van der Waals surface area (Å²) < 4.78 is 5.87. The second-order valence-electron chi connectivity index (χ2n) is 10.6. The minimum absolute atomic E-state index is 0.231. The highest BCUT2D eigenvalue weighted by Gasteiger charge is 2.45. The molecule has 10 nitrogen and oxygen atoms in total. The Balaban J connectivity index is 1.18. The highest BCUT2D eigenvalue weighted by molar-refractivity contribution is 5.99. The molecule has 0 spiro atoms. The topological polar surface area (TPSA) is 113 Å². The molecule has 3 aliphatic heterocycles. The average molecular weight is 514 g/mol. The van der Waals surface area contributed by atoms with Gasteiger partial charge in [0.2, 0.25) is 11.9 Å². The number of benzene rings is 1. The zero-order valence-electron chi connectivity index (χ0n) is 22.0. The molecule has 2 saturated heterocycles. The van der Waals surface area contributed by atoms with Crippen molar-refractivity contribution >= 4 is 35.0 Å². The molecule has 2 aromatic heterocycles. The van der Waals surface area contributed by atoms with Gasteiger partial charge in [0, 0.05) is 54.9 Å². The van der Waals surface area contributed by atoms with Crippen LogP contribution in [0.4, 0.5) is 23.1 Å². The molecule has 6 rings (SSSR count). The van der Waals surface area contributed by atoms with Gasteiger partial charge in [-0.1, -0.05) is 6.92 Å². The molecular formula is C28H31N7O3. The van der Waals surface area contributed by atoms with Crippen molar-refractivity contribution in [3.8, 4) is 17.0 Å². The van der Waals surface area contributed by atoms with Gasteiger partial charge < -0.3 is 25.2 Å². The fourth-order valence-corrected chi connectivity index (χ4v) is 5.57. The van der Waals surface area contributed by atoms with E-state index in [0.29, 0.717) is 41.7 Å². The second-order valence-corrected chi connectivity index (χ2v) is 10.6. The third kappa shape index (κ3) is 4.19. The molecular weight excluding hydrogens is 482 g/mol. The first-order chi connectivity index (χ1) is 18.2. The van der Waals surface area contributed by atoms with Crippen LogP contribution in [0.3, 0.4) is 0 Å². The summed E-state index contributed by atoms with van der Waals surface area (Å²) in [5.41, 5.74) is 3.73. The lowest BCUT2D eigenvalue weighted by Gasteiger charge is -2.36. The van der Waals surface area contributed by atoms with E-state index in [1.165, 1.54) is 5.69 Å². The first-order valence-electron chi connectivity index (χ1n) is 13.0. The number of amides is 2. The summed E-state index contributed by atoms with van der Waals surface area (Å²) in [5.74, 6) is 1.40. The second kappa shape index (κ2) is 8.97. The lowest BCUT2D eigenvalue weighted by Crippen LogP contribution is -2.48. The van der Waals surface area contributed by atoms with E-state index in [1.54, 1.807) is 26.2 Å². The number of anilines is 4. The molecule has 2 N–H and O–H groups in total. The molecule has 2 atom stereocenters. The van der Waals surface area contributed by atoms with Crippen LogP contribution < -0.4 is 20.3 Å². The van der Waals surface area contributed by atoms with Gasteiger partial charge >= 0.3 is 0 Å². The van der Waals surface area contributed by atoms with E-state index < -0.39 is 5.60 Å². The summed E-state index contributed by atoms with van der Waals surface area (Å²) in [6.07, 6.45) is 4.96. The minimum atomic E-state index is -0.976. The predicted molar refractivity (Wildman–Crippen MR) is 145 cm³/mol. The molecule has 196 valence electrons. The largest absolute Gasteiger partial charge is 0.474 e. The summed E-state index contributed by atoms with van der Waals surface area (Å²) in [4.78, 5) is 42.3. The van der Waals surface area contributed by atoms with Gasteiger partial charge in [-0.3, -0.25) is 9.59 Å². The summed E-state index contributed by atoms with van der Waals surface area (Å²) >= 11 is 0. The summed E-state index contributed by atoms with van der Waals surface area (Å²) in [7, 11) is 0. The van der Waals surface area contributed by atoms with Gasteiger partial charge in [-0.2, -0.15) is 0 Å². The van der Waals surface area contributed by atoms with Gasteiger partial charge in [-0.05, 0) is 63.1 Å². The number of likely N-dealkylation sites (tertiary alicyclic amines) is 1. The van der Waals surface area contributed by atoms with Crippen molar-refractivity contribution in [2.45, 2.75) is 58.2 Å². The van der Waals surface area contributed by atoms with E-state index >= 15 is 0 Å². The maximum atomic E-state index is 12.2. The third-order valence-corrected chi connectivity index (χ3v) is 7.57. The van der Waals surface area contributed by atoms with Crippen molar-refractivity contribution in [2.75, 3.05) is 28.6 Å². The van der Waals surface area contributed by atoms with Gasteiger partial charge in [-0.15, -0.1) is 0 Å². The number of rotatable bonds is 5. The normalized spacial score (nSPS) is 21.1. The lowest BCUT2D eigenvalue weighted by molar-refractivity contribution is -0.132. The van der Waals surface area contributed by atoms with Crippen LogP contribution in [-0.2, 0) is 9.59 Å². The smallest absolute Gasteiger partial charge is 0.269 e. The van der Waals surface area contributed by atoms with E-state index in [4.69, 9.17) is 4.74 Å². The van der Waals surface area contributed by atoms with E-state index in [1.807, 2.05) is 25.1 Å². The Morgan fingerprint density at radius 3 is 2.76 bits per heavy atom. The number of piperazine rings is 1. The minimum Gasteiger partial charge on any atom is -0.474 e. The number of pyridine rings is 1. The molecule has 0 saturated carbocycles. The Labute approximate surface area is 221 Å². The number of aryl methyl sites for hydroxylation is 1. The number of aromatic nitrogens is 3. The van der Waals surface area contributed by atoms with E-state index in [2.05, 4.69) is 54.4 Å². The zero-order valence-corrected chi connectivity index (χ0v) is 22.0. The number of carbonyl (C=O) groups excluding carboxylic acids is 2. The number of nitrogens with one attached hydrogen (secondary N) is 2. The quantitative estimate of drug-likeness (QED) is 0.528. The van der Waals surface area contributed by atoms with Gasteiger partial charge in [0.05, 0.1) is 11.7 Å². The predicted octanol–water partition coefficient (Wildman–Crippen LogP) is 3.90. The molecule has 2 unspecified atom stereocenters. The Kier molecular flexibility index (Phi) is 5.70. The Hall–Kier alpha value is -4.21. The molecule has 38 heavy (non-hydrogen) atoms. The van der Waals surface area contributed by atoms with E-state index in [-0.39, 0.29) is 11.8 Å². The number of nitrogens with zero attached hydrogens (tertiary/aromatic N) is 5. The summed E-state index contributed by atoms with van der Waals surface area (Å²) in [6.45, 7) is 9.17. The van der Waals surface area contributed by atoms with Gasteiger partial charge in [0.15, 0.2) is 17.2 Å². The monoisotopic (exact) mass is 513 g/mol. The van der Waals surface area contributed by atoms with Crippen molar-refractivity contribution in [1.29, 1.82) is 0 Å². The van der Waals surface area contributed by atoms with Crippen LogP contribution in [0.25, 0.3) is 11.3 Å². The Morgan fingerprint density at radius 2 is 2.03 bits per heavy atom. The van der Waals surface area contributed by atoms with Crippen molar-refractivity contribution < 1.29 is 14.3 Å². The van der Waals surface area contributed by atoms with Gasteiger partial charge in [-0.25, -0.2) is 15.0 Å². The number of hydrogen-bond acceptors (Lipinski definition) is 8. The first kappa shape index (κ1) is 24.1. The molecule has 2 bridgehead atoms. The zero-order chi connectivity index (χ0) is 26.6. The van der Waals surface area contributed by atoms with Gasteiger partial charge in [0.25, 0.3) is 5.91 Å². The maximum Gasteiger partial charge on any atom is 0.269 e. The highest BCUT2D eigenvalue weighted by Crippen LogP contribution is 2.38. The SMILES string of the molecule is CCC(=O)N1CC2CC1CN2c1ccc(Nc2nccc(-c3cnc4c(c3)OC(C)(C)C(=O)N4)n2)cc1C.